The molecule has 0 radical (unpaired) electrons. The van der Waals surface area contributed by atoms with Crippen molar-refractivity contribution in [1.29, 1.82) is 0 Å². The number of ether oxygens (including phenoxy) is 1. The molecule has 3 N–H and O–H groups in total. The molecule has 0 spiro atoms. The molecule has 1 aromatic carbocycles. The van der Waals surface area contributed by atoms with Gasteiger partial charge >= 0.3 is 6.61 Å². The van der Waals surface area contributed by atoms with E-state index in [1.54, 1.807) is 18.2 Å². The molecule has 0 amide bonds. The molecule has 3 nitrogen and oxygen atoms in total. The molecule has 18 heavy (non-hydrogen) atoms. The summed E-state index contributed by atoms with van der Waals surface area (Å²) in [6.45, 7) is 3.67. The van der Waals surface area contributed by atoms with Crippen molar-refractivity contribution in [1.82, 2.24) is 5.32 Å². The number of rotatable bonds is 7. The second-order valence-electron chi connectivity index (χ2n) is 4.04. The fraction of sp³-hybridized carbons (Fsp3) is 0.385. The minimum Gasteiger partial charge on any atom is -0.434 e. The molecule has 1 aromatic rings. The normalized spacial score (nSPS) is 12.5. The highest BCUT2D eigenvalue weighted by molar-refractivity contribution is 5.36. The summed E-state index contributed by atoms with van der Waals surface area (Å²) in [4.78, 5) is 0. The lowest BCUT2D eigenvalue weighted by Crippen LogP contribution is -2.29. The van der Waals surface area contributed by atoms with E-state index in [0.717, 1.165) is 5.57 Å². The van der Waals surface area contributed by atoms with E-state index in [-0.39, 0.29) is 18.3 Å². The van der Waals surface area contributed by atoms with Crippen molar-refractivity contribution in [2.45, 2.75) is 19.6 Å². The molecule has 1 atom stereocenters. The molecule has 1 unspecified atom stereocenters. The largest absolute Gasteiger partial charge is 0.434 e. The first kappa shape index (κ1) is 14.6. The Labute approximate surface area is 106 Å². The highest BCUT2D eigenvalue weighted by atomic mass is 19.3. The summed E-state index contributed by atoms with van der Waals surface area (Å²) < 4.78 is 29.1. The van der Waals surface area contributed by atoms with Gasteiger partial charge in [-0.3, -0.25) is 0 Å². The summed E-state index contributed by atoms with van der Waals surface area (Å²) in [6, 6.07) is 6.40. The Balaban J connectivity index is 2.86. The first-order valence-corrected chi connectivity index (χ1v) is 5.66. The smallest absolute Gasteiger partial charge is 0.387 e. The molecule has 0 saturated carbocycles. The van der Waals surface area contributed by atoms with E-state index in [4.69, 9.17) is 5.73 Å². The van der Waals surface area contributed by atoms with Crippen LogP contribution in [0.4, 0.5) is 8.78 Å². The zero-order valence-electron chi connectivity index (χ0n) is 10.3. The number of halogens is 2. The van der Waals surface area contributed by atoms with E-state index in [1.165, 1.54) is 6.07 Å². The third-order valence-corrected chi connectivity index (χ3v) is 2.40. The molecular weight excluding hydrogens is 238 g/mol. The molecule has 0 aliphatic rings. The van der Waals surface area contributed by atoms with Crippen LogP contribution in [0.2, 0.25) is 0 Å². The van der Waals surface area contributed by atoms with Gasteiger partial charge in [-0.25, -0.2) is 0 Å². The fourth-order valence-electron chi connectivity index (χ4n) is 1.59. The monoisotopic (exact) mass is 256 g/mol. The number of para-hydroxylation sites is 1. The van der Waals surface area contributed by atoms with Crippen molar-refractivity contribution in [3.8, 4) is 5.75 Å². The van der Waals surface area contributed by atoms with Crippen LogP contribution in [0.25, 0.3) is 0 Å². The minimum atomic E-state index is -2.84. The van der Waals surface area contributed by atoms with Gasteiger partial charge in [-0.1, -0.05) is 30.4 Å². The van der Waals surface area contributed by atoms with Crippen LogP contribution in [0.3, 0.4) is 0 Å². The standard InChI is InChI=1S/C13H18F2N2O/c1-9(2)8-17-11(7-16)10-5-3-4-6-12(10)18-13(14)15/h3-6,11,13,17H,1,7-8,16H2,2H3. The van der Waals surface area contributed by atoms with Crippen LogP contribution in [-0.4, -0.2) is 19.7 Å². The Hall–Kier alpha value is -1.46. The zero-order valence-corrected chi connectivity index (χ0v) is 10.3. The maximum absolute atomic E-state index is 12.3. The van der Waals surface area contributed by atoms with Gasteiger partial charge in [0.1, 0.15) is 5.75 Å². The van der Waals surface area contributed by atoms with E-state index >= 15 is 0 Å². The summed E-state index contributed by atoms with van der Waals surface area (Å²) in [5, 5.41) is 3.15. The number of alkyl halides is 2. The van der Waals surface area contributed by atoms with Gasteiger partial charge in [-0.05, 0) is 13.0 Å². The number of nitrogens with one attached hydrogen (secondary N) is 1. The molecule has 0 saturated heterocycles. The van der Waals surface area contributed by atoms with E-state index in [1.807, 2.05) is 6.92 Å². The second kappa shape index (κ2) is 7.08. The maximum Gasteiger partial charge on any atom is 0.387 e. The van der Waals surface area contributed by atoms with Crippen LogP contribution in [0.15, 0.2) is 36.4 Å². The van der Waals surface area contributed by atoms with Gasteiger partial charge in [-0.15, -0.1) is 0 Å². The van der Waals surface area contributed by atoms with Crippen molar-refractivity contribution >= 4 is 0 Å². The second-order valence-corrected chi connectivity index (χ2v) is 4.04. The Morgan fingerprint density at radius 3 is 2.67 bits per heavy atom. The van der Waals surface area contributed by atoms with Crippen molar-refractivity contribution in [3.05, 3.63) is 42.0 Å². The fourth-order valence-corrected chi connectivity index (χ4v) is 1.59. The van der Waals surface area contributed by atoms with Gasteiger partial charge in [-0.2, -0.15) is 8.78 Å². The van der Waals surface area contributed by atoms with Crippen molar-refractivity contribution in [2.75, 3.05) is 13.1 Å². The highest BCUT2D eigenvalue weighted by Crippen LogP contribution is 2.26. The number of benzene rings is 1. The van der Waals surface area contributed by atoms with Crippen LogP contribution in [0.1, 0.15) is 18.5 Å². The molecule has 0 aliphatic carbocycles. The Bertz CT molecular complexity index is 396. The molecule has 100 valence electrons. The van der Waals surface area contributed by atoms with Gasteiger partial charge in [0, 0.05) is 24.7 Å². The van der Waals surface area contributed by atoms with Crippen LogP contribution in [0, 0.1) is 0 Å². The van der Waals surface area contributed by atoms with Gasteiger partial charge in [0.05, 0.1) is 0 Å². The van der Waals surface area contributed by atoms with Crippen LogP contribution in [0.5, 0.6) is 5.75 Å². The molecule has 5 heteroatoms. The van der Waals surface area contributed by atoms with Crippen LogP contribution < -0.4 is 15.8 Å². The van der Waals surface area contributed by atoms with Gasteiger partial charge < -0.3 is 15.8 Å². The Morgan fingerprint density at radius 2 is 2.11 bits per heavy atom. The first-order chi connectivity index (χ1) is 8.54. The zero-order chi connectivity index (χ0) is 13.5. The predicted octanol–water partition coefficient (Wildman–Crippen LogP) is 2.45. The van der Waals surface area contributed by atoms with Crippen molar-refractivity contribution in [3.63, 3.8) is 0 Å². The molecule has 0 heterocycles. The number of nitrogens with two attached hydrogens (primary N) is 1. The predicted molar refractivity (Wildman–Crippen MR) is 67.7 cm³/mol. The summed E-state index contributed by atoms with van der Waals surface area (Å²) in [6.07, 6.45) is 0. The van der Waals surface area contributed by atoms with E-state index in [2.05, 4.69) is 16.6 Å². The SMILES string of the molecule is C=C(C)CNC(CN)c1ccccc1OC(F)F. The summed E-state index contributed by atoms with van der Waals surface area (Å²) >= 11 is 0. The highest BCUT2D eigenvalue weighted by Gasteiger charge is 2.16. The summed E-state index contributed by atoms with van der Waals surface area (Å²) in [5.74, 6) is 0.150. The Kier molecular flexibility index (Phi) is 5.74. The van der Waals surface area contributed by atoms with E-state index in [9.17, 15) is 8.78 Å². The van der Waals surface area contributed by atoms with Gasteiger partial charge in [0.15, 0.2) is 0 Å². The lowest BCUT2D eigenvalue weighted by molar-refractivity contribution is -0.0506. The summed E-state index contributed by atoms with van der Waals surface area (Å²) in [5.41, 5.74) is 7.23. The molecule has 0 aromatic heterocycles. The average Bonchev–Trinajstić information content (AvgIpc) is 2.30. The number of hydrogen-bond donors (Lipinski definition) is 2. The third-order valence-electron chi connectivity index (χ3n) is 2.40. The molecule has 0 fully saturated rings. The maximum atomic E-state index is 12.3. The molecule has 1 rings (SSSR count). The van der Waals surface area contributed by atoms with Crippen LogP contribution >= 0.6 is 0 Å². The average molecular weight is 256 g/mol. The van der Waals surface area contributed by atoms with Gasteiger partial charge in [0.25, 0.3) is 0 Å². The van der Waals surface area contributed by atoms with Crippen LogP contribution in [-0.2, 0) is 0 Å². The molecule has 0 bridgehead atoms. The lowest BCUT2D eigenvalue weighted by Gasteiger charge is -2.20. The van der Waals surface area contributed by atoms with E-state index < -0.39 is 6.61 Å². The van der Waals surface area contributed by atoms with Gasteiger partial charge in [0.2, 0.25) is 0 Å². The quantitative estimate of drug-likeness (QED) is 0.737. The van der Waals surface area contributed by atoms with E-state index in [0.29, 0.717) is 12.1 Å². The minimum absolute atomic E-state index is 0.150. The Morgan fingerprint density at radius 1 is 1.44 bits per heavy atom. The summed E-state index contributed by atoms with van der Waals surface area (Å²) in [7, 11) is 0. The lowest BCUT2D eigenvalue weighted by atomic mass is 10.1. The topological polar surface area (TPSA) is 47.3 Å². The first-order valence-electron chi connectivity index (χ1n) is 5.66. The van der Waals surface area contributed by atoms with Crippen molar-refractivity contribution < 1.29 is 13.5 Å². The number of hydrogen-bond acceptors (Lipinski definition) is 3. The third kappa shape index (κ3) is 4.43. The molecule has 0 aliphatic heterocycles. The molecular formula is C13H18F2N2O. The van der Waals surface area contributed by atoms with Crippen molar-refractivity contribution in [2.24, 2.45) is 5.73 Å².